The lowest BCUT2D eigenvalue weighted by atomic mass is 9.89. The normalized spacial score (nSPS) is 11.9. The van der Waals surface area contributed by atoms with Crippen LogP contribution in [0.4, 0.5) is 0 Å². The lowest BCUT2D eigenvalue weighted by molar-refractivity contribution is 0.576. The smallest absolute Gasteiger partial charge is 0.00178 e. The van der Waals surface area contributed by atoms with E-state index in [4.69, 9.17) is 0 Å². The summed E-state index contributed by atoms with van der Waals surface area (Å²) >= 11 is 0. The van der Waals surface area contributed by atoms with E-state index in [1.807, 2.05) is 0 Å². The number of hydrogen-bond donors (Lipinski definition) is 0. The second-order valence-corrected chi connectivity index (χ2v) is 7.72. The van der Waals surface area contributed by atoms with Gasteiger partial charge in [0.05, 0.1) is 0 Å². The van der Waals surface area contributed by atoms with Crippen molar-refractivity contribution >= 4 is 32.3 Å². The fraction of sp³-hybridized carbons (Fsp3) is 0.385. The molecule has 133 valence electrons. The summed E-state index contributed by atoms with van der Waals surface area (Å²) in [7, 11) is 0. The molecule has 0 heterocycles. The number of rotatable bonds is 9. The minimum atomic E-state index is 1.18. The van der Waals surface area contributed by atoms with Gasteiger partial charge >= 0.3 is 0 Å². The summed E-state index contributed by atoms with van der Waals surface area (Å²) in [5.74, 6) is 0. The summed E-state index contributed by atoms with van der Waals surface area (Å²) in [5.41, 5.74) is 1.48. The third-order valence-corrected chi connectivity index (χ3v) is 5.80. The Morgan fingerprint density at radius 3 is 2.19 bits per heavy atom. The van der Waals surface area contributed by atoms with Crippen LogP contribution in [-0.2, 0) is 6.42 Å². The highest BCUT2D eigenvalue weighted by molar-refractivity contribution is 6.23. The average molecular weight is 342 g/mol. The predicted molar refractivity (Wildman–Crippen MR) is 115 cm³/mol. The zero-order valence-electron chi connectivity index (χ0n) is 16.0. The van der Waals surface area contributed by atoms with Gasteiger partial charge in [-0.05, 0) is 56.8 Å². The van der Waals surface area contributed by atoms with Crippen LogP contribution >= 0.6 is 0 Å². The molecule has 0 fully saturated rings. The largest absolute Gasteiger partial charge is 0.0654 e. The maximum atomic E-state index is 3.55. The van der Waals surface area contributed by atoms with E-state index in [1.54, 1.807) is 0 Å². The molecule has 0 nitrogen and oxygen atoms in total. The summed E-state index contributed by atoms with van der Waals surface area (Å²) in [4.78, 5) is 0. The molecule has 4 aromatic carbocycles. The third kappa shape index (κ3) is 3.43. The molecule has 0 heteroatoms. The van der Waals surface area contributed by atoms with Gasteiger partial charge in [-0.2, -0.15) is 0 Å². The molecule has 0 aliphatic heterocycles. The molecule has 0 saturated heterocycles. The molecule has 0 N–H and O–H groups in total. The fourth-order valence-electron chi connectivity index (χ4n) is 4.40. The van der Waals surface area contributed by atoms with Gasteiger partial charge in [0.25, 0.3) is 0 Å². The predicted octanol–water partition coefficient (Wildman–Crippen LogP) is 8.07. The first-order valence-corrected chi connectivity index (χ1v) is 10.5. The Labute approximate surface area is 157 Å². The molecule has 0 aliphatic rings. The first-order valence-electron chi connectivity index (χ1n) is 10.5. The van der Waals surface area contributed by atoms with Crippen LogP contribution in [-0.4, -0.2) is 0 Å². The van der Waals surface area contributed by atoms with Gasteiger partial charge in [0.15, 0.2) is 0 Å². The summed E-state index contributed by atoms with van der Waals surface area (Å²) in [5, 5.41) is 8.25. The van der Waals surface area contributed by atoms with E-state index in [0.29, 0.717) is 0 Å². The monoisotopic (exact) mass is 341 g/mol. The van der Waals surface area contributed by atoms with E-state index in [1.165, 1.54) is 95.7 Å². The van der Waals surface area contributed by atoms with Gasteiger partial charge in [-0.1, -0.05) is 100 Å². The number of unbranched alkanes of at least 4 members (excludes halogenated alkanes) is 7. The summed E-state index contributed by atoms with van der Waals surface area (Å²) in [6.45, 7) is 2.29. The van der Waals surface area contributed by atoms with Crippen molar-refractivity contribution in [2.24, 2.45) is 0 Å². The molecule has 1 radical (unpaired) electrons. The minimum Gasteiger partial charge on any atom is -0.0654 e. The van der Waals surface area contributed by atoms with Crippen molar-refractivity contribution in [3.63, 3.8) is 0 Å². The maximum Gasteiger partial charge on any atom is -0.00178 e. The van der Waals surface area contributed by atoms with Gasteiger partial charge in [-0.15, -0.1) is 0 Å². The highest BCUT2D eigenvalue weighted by Crippen LogP contribution is 2.36. The molecule has 0 aromatic heterocycles. The van der Waals surface area contributed by atoms with Gasteiger partial charge in [0.1, 0.15) is 0 Å². The molecule has 0 bridgehead atoms. The molecule has 0 spiro atoms. The van der Waals surface area contributed by atoms with Crippen LogP contribution < -0.4 is 0 Å². The molecule has 0 aliphatic carbocycles. The number of aryl methyl sites for hydroxylation is 1. The molecule has 0 amide bonds. The zero-order chi connectivity index (χ0) is 17.8. The fourth-order valence-corrected chi connectivity index (χ4v) is 4.40. The van der Waals surface area contributed by atoms with E-state index in [0.717, 1.165) is 0 Å². The van der Waals surface area contributed by atoms with E-state index in [2.05, 4.69) is 61.5 Å². The topological polar surface area (TPSA) is 0 Å². The van der Waals surface area contributed by atoms with Crippen molar-refractivity contribution in [3.8, 4) is 0 Å². The van der Waals surface area contributed by atoms with Crippen LogP contribution in [0, 0.1) is 6.07 Å². The quantitative estimate of drug-likeness (QED) is 0.213. The van der Waals surface area contributed by atoms with Gasteiger partial charge in [-0.25, -0.2) is 0 Å². The Morgan fingerprint density at radius 1 is 0.692 bits per heavy atom. The standard InChI is InChI=1S/C26H29/c1-2-3-4-5-6-7-8-9-12-22-19-23-15-10-13-20-17-18-21-14-11-16-24(22)26(21)25(20)23/h10-11,13-15,17-19H,2-9,12H2,1H3. The lowest BCUT2D eigenvalue weighted by Crippen LogP contribution is -1.92. The van der Waals surface area contributed by atoms with Crippen molar-refractivity contribution in [1.29, 1.82) is 0 Å². The Bertz CT molecular complexity index is 979. The van der Waals surface area contributed by atoms with Crippen molar-refractivity contribution in [2.45, 2.75) is 64.7 Å². The van der Waals surface area contributed by atoms with E-state index < -0.39 is 0 Å². The van der Waals surface area contributed by atoms with Crippen LogP contribution in [0.3, 0.4) is 0 Å². The second kappa shape index (κ2) is 8.08. The Balaban J connectivity index is 1.52. The summed E-state index contributed by atoms with van der Waals surface area (Å²) < 4.78 is 0. The Hall–Kier alpha value is -2.08. The van der Waals surface area contributed by atoms with E-state index in [9.17, 15) is 0 Å². The molecular formula is C26H29. The van der Waals surface area contributed by atoms with Gasteiger partial charge in [-0.3, -0.25) is 0 Å². The SMILES string of the molecule is CCCCCCCCCCc1cc2cccc3ccc4cc[c]c1c4c32. The molecular weight excluding hydrogens is 312 g/mol. The van der Waals surface area contributed by atoms with Crippen molar-refractivity contribution in [3.05, 3.63) is 60.2 Å². The second-order valence-electron chi connectivity index (χ2n) is 7.72. The van der Waals surface area contributed by atoms with Crippen LogP contribution in [0.15, 0.2) is 48.5 Å². The Kier molecular flexibility index (Phi) is 5.39. The van der Waals surface area contributed by atoms with Crippen LogP contribution in [0.25, 0.3) is 32.3 Å². The van der Waals surface area contributed by atoms with E-state index in [-0.39, 0.29) is 0 Å². The molecule has 0 atom stereocenters. The molecule has 4 rings (SSSR count). The molecule has 0 unspecified atom stereocenters. The number of benzene rings is 4. The van der Waals surface area contributed by atoms with Crippen molar-refractivity contribution < 1.29 is 0 Å². The van der Waals surface area contributed by atoms with Crippen LogP contribution in [0.2, 0.25) is 0 Å². The summed E-state index contributed by atoms with van der Waals surface area (Å²) in [6, 6.07) is 21.5. The highest BCUT2D eigenvalue weighted by atomic mass is 14.1. The van der Waals surface area contributed by atoms with E-state index >= 15 is 0 Å². The van der Waals surface area contributed by atoms with Crippen molar-refractivity contribution in [2.75, 3.05) is 0 Å². The van der Waals surface area contributed by atoms with Crippen LogP contribution in [0.1, 0.15) is 63.9 Å². The average Bonchev–Trinajstić information content (AvgIpc) is 2.68. The molecule has 26 heavy (non-hydrogen) atoms. The maximum absolute atomic E-state index is 3.55. The lowest BCUT2D eigenvalue weighted by Gasteiger charge is -2.14. The summed E-state index contributed by atoms with van der Waals surface area (Å²) in [6.07, 6.45) is 12.2. The third-order valence-electron chi connectivity index (χ3n) is 5.80. The molecule has 4 aromatic rings. The first-order chi connectivity index (χ1) is 12.9. The van der Waals surface area contributed by atoms with Gasteiger partial charge < -0.3 is 0 Å². The molecule has 0 saturated carbocycles. The van der Waals surface area contributed by atoms with Gasteiger partial charge in [0, 0.05) is 0 Å². The van der Waals surface area contributed by atoms with Crippen LogP contribution in [0.5, 0.6) is 0 Å². The van der Waals surface area contributed by atoms with Crippen molar-refractivity contribution in [1.82, 2.24) is 0 Å². The van der Waals surface area contributed by atoms with Gasteiger partial charge in [0.2, 0.25) is 0 Å². The zero-order valence-corrected chi connectivity index (χ0v) is 16.0. The minimum absolute atomic E-state index is 1.18. The highest BCUT2D eigenvalue weighted by Gasteiger charge is 2.11. The first kappa shape index (κ1) is 17.3. The Morgan fingerprint density at radius 2 is 1.38 bits per heavy atom. The number of hydrogen-bond acceptors (Lipinski definition) is 0.